The van der Waals surface area contributed by atoms with Gasteiger partial charge in [-0.3, -0.25) is 9.69 Å². The van der Waals surface area contributed by atoms with Crippen LogP contribution in [0.3, 0.4) is 0 Å². The highest BCUT2D eigenvalue weighted by molar-refractivity contribution is 6.07. The molecule has 2 atom stereocenters. The van der Waals surface area contributed by atoms with Crippen molar-refractivity contribution in [2.24, 2.45) is 0 Å². The Morgan fingerprint density at radius 3 is 2.56 bits per heavy atom. The van der Waals surface area contributed by atoms with Crippen LogP contribution in [0.25, 0.3) is 0 Å². The van der Waals surface area contributed by atoms with E-state index < -0.39 is 23.7 Å². The molecular weight excluding hydrogens is 251 g/mol. The SMILES string of the molecule is CC1(C(F)(F)F)NC(=O)N(C[C@H]2CCCN2)C1=O. The smallest absolute Gasteiger partial charge is 0.316 e. The molecule has 0 spiro atoms. The van der Waals surface area contributed by atoms with E-state index in [1.54, 1.807) is 5.32 Å². The zero-order chi connectivity index (χ0) is 13.6. The van der Waals surface area contributed by atoms with Crippen LogP contribution in [-0.2, 0) is 4.79 Å². The minimum Gasteiger partial charge on any atom is -0.316 e. The van der Waals surface area contributed by atoms with Crippen molar-refractivity contribution < 1.29 is 22.8 Å². The zero-order valence-electron chi connectivity index (χ0n) is 9.80. The number of hydrogen-bond acceptors (Lipinski definition) is 3. The molecule has 0 saturated carbocycles. The fourth-order valence-electron chi connectivity index (χ4n) is 2.19. The highest BCUT2D eigenvalue weighted by Crippen LogP contribution is 2.35. The number of amides is 3. The van der Waals surface area contributed by atoms with Crippen LogP contribution in [0.15, 0.2) is 0 Å². The van der Waals surface area contributed by atoms with Gasteiger partial charge in [0.15, 0.2) is 0 Å². The summed E-state index contributed by atoms with van der Waals surface area (Å²) in [6, 6.07) is -1.09. The fourth-order valence-corrected chi connectivity index (χ4v) is 2.19. The van der Waals surface area contributed by atoms with Gasteiger partial charge in [-0.15, -0.1) is 0 Å². The first-order chi connectivity index (χ1) is 8.25. The number of halogens is 3. The van der Waals surface area contributed by atoms with Gasteiger partial charge >= 0.3 is 12.2 Å². The summed E-state index contributed by atoms with van der Waals surface area (Å²) < 4.78 is 38.3. The summed E-state index contributed by atoms with van der Waals surface area (Å²) in [7, 11) is 0. The van der Waals surface area contributed by atoms with Crippen LogP contribution < -0.4 is 10.6 Å². The predicted octanol–water partition coefficient (Wildman–Crippen LogP) is 0.611. The molecule has 1 unspecified atom stereocenters. The number of urea groups is 1. The molecule has 0 aromatic rings. The fraction of sp³-hybridized carbons (Fsp3) is 0.800. The summed E-state index contributed by atoms with van der Waals surface area (Å²) in [6.45, 7) is 1.43. The number of rotatable bonds is 2. The number of nitrogens with zero attached hydrogens (tertiary/aromatic N) is 1. The minimum absolute atomic E-state index is 0.0175. The average molecular weight is 265 g/mol. The number of alkyl halides is 3. The molecule has 2 aliphatic heterocycles. The van der Waals surface area contributed by atoms with E-state index in [9.17, 15) is 22.8 Å². The first-order valence-electron chi connectivity index (χ1n) is 5.70. The van der Waals surface area contributed by atoms with Crippen LogP contribution in [0, 0.1) is 0 Å². The monoisotopic (exact) mass is 265 g/mol. The summed E-state index contributed by atoms with van der Waals surface area (Å²) in [5.74, 6) is -1.23. The Morgan fingerprint density at radius 2 is 2.11 bits per heavy atom. The van der Waals surface area contributed by atoms with Gasteiger partial charge in [0.1, 0.15) is 0 Å². The molecular formula is C10H14F3N3O2. The second-order valence-electron chi connectivity index (χ2n) is 4.76. The molecule has 2 saturated heterocycles. The van der Waals surface area contributed by atoms with E-state index in [0.717, 1.165) is 19.4 Å². The third-order valence-corrected chi connectivity index (χ3v) is 3.41. The molecule has 0 bridgehead atoms. The molecule has 2 N–H and O–H groups in total. The predicted molar refractivity (Wildman–Crippen MR) is 55.7 cm³/mol. The van der Waals surface area contributed by atoms with E-state index in [1.165, 1.54) is 0 Å². The Hall–Kier alpha value is -1.31. The quantitative estimate of drug-likeness (QED) is 0.719. The van der Waals surface area contributed by atoms with Gasteiger partial charge in [-0.25, -0.2) is 4.79 Å². The topological polar surface area (TPSA) is 61.4 Å². The highest BCUT2D eigenvalue weighted by Gasteiger charge is 2.64. The van der Waals surface area contributed by atoms with Crippen LogP contribution >= 0.6 is 0 Å². The summed E-state index contributed by atoms with van der Waals surface area (Å²) in [4.78, 5) is 23.9. The molecule has 0 aromatic carbocycles. The maximum absolute atomic E-state index is 12.8. The van der Waals surface area contributed by atoms with E-state index in [4.69, 9.17) is 0 Å². The summed E-state index contributed by atoms with van der Waals surface area (Å²) in [5.41, 5.74) is -2.80. The summed E-state index contributed by atoms with van der Waals surface area (Å²) >= 11 is 0. The maximum atomic E-state index is 12.8. The normalized spacial score (nSPS) is 33.1. The first-order valence-corrected chi connectivity index (χ1v) is 5.70. The van der Waals surface area contributed by atoms with Gasteiger partial charge in [0.2, 0.25) is 5.54 Å². The van der Waals surface area contributed by atoms with Crippen LogP contribution in [0.5, 0.6) is 0 Å². The van der Waals surface area contributed by atoms with E-state index in [-0.39, 0.29) is 12.6 Å². The minimum atomic E-state index is -4.79. The van der Waals surface area contributed by atoms with Gasteiger partial charge in [0.05, 0.1) is 0 Å². The first kappa shape index (κ1) is 13.1. The number of hydrogen-bond donors (Lipinski definition) is 2. The van der Waals surface area contributed by atoms with E-state index >= 15 is 0 Å². The summed E-state index contributed by atoms with van der Waals surface area (Å²) in [6.07, 6.45) is -3.15. The third-order valence-electron chi connectivity index (χ3n) is 3.41. The summed E-state index contributed by atoms with van der Waals surface area (Å²) in [5, 5.41) is 4.76. The number of imide groups is 1. The largest absolute Gasteiger partial charge is 0.420 e. The van der Waals surface area contributed by atoms with Crippen molar-refractivity contribution >= 4 is 11.9 Å². The Bertz CT molecular complexity index is 379. The van der Waals surface area contributed by atoms with Gasteiger partial charge in [0.25, 0.3) is 5.91 Å². The molecule has 2 rings (SSSR count). The van der Waals surface area contributed by atoms with Gasteiger partial charge in [-0.05, 0) is 26.3 Å². The Balaban J connectivity index is 2.14. The van der Waals surface area contributed by atoms with Crippen molar-refractivity contribution in [1.29, 1.82) is 0 Å². The molecule has 0 radical (unpaired) electrons. The molecule has 0 aliphatic carbocycles. The van der Waals surface area contributed by atoms with Gasteiger partial charge in [-0.2, -0.15) is 13.2 Å². The Kier molecular flexibility index (Phi) is 3.00. The number of nitrogens with one attached hydrogen (secondary N) is 2. The molecule has 2 fully saturated rings. The molecule has 2 aliphatic rings. The lowest BCUT2D eigenvalue weighted by Crippen LogP contribution is -2.56. The van der Waals surface area contributed by atoms with E-state index in [2.05, 4.69) is 5.32 Å². The van der Waals surface area contributed by atoms with Gasteiger partial charge in [0, 0.05) is 12.6 Å². The molecule has 0 aromatic heterocycles. The molecule has 102 valence electrons. The standard InChI is InChI=1S/C10H14F3N3O2/c1-9(10(11,12)13)7(17)16(8(18)15-9)5-6-3-2-4-14-6/h6,14H,2-5H2,1H3,(H,15,18)/t6-,9?/m1/s1. The lowest BCUT2D eigenvalue weighted by molar-refractivity contribution is -0.191. The lowest BCUT2D eigenvalue weighted by Gasteiger charge is -2.25. The average Bonchev–Trinajstić information content (AvgIpc) is 2.81. The van der Waals surface area contributed by atoms with Crippen LogP contribution in [0.1, 0.15) is 19.8 Å². The number of carbonyl (C=O) groups is 2. The van der Waals surface area contributed by atoms with Crippen molar-refractivity contribution in [2.45, 2.75) is 37.5 Å². The van der Waals surface area contributed by atoms with Crippen LogP contribution in [0.2, 0.25) is 0 Å². The second kappa shape index (κ2) is 4.11. The van der Waals surface area contributed by atoms with Crippen molar-refractivity contribution in [2.75, 3.05) is 13.1 Å². The van der Waals surface area contributed by atoms with E-state index in [1.807, 2.05) is 0 Å². The van der Waals surface area contributed by atoms with Crippen LogP contribution in [-0.4, -0.2) is 47.7 Å². The molecule has 5 nitrogen and oxygen atoms in total. The second-order valence-corrected chi connectivity index (χ2v) is 4.76. The molecule has 3 amide bonds. The van der Waals surface area contributed by atoms with Crippen LogP contribution in [0.4, 0.5) is 18.0 Å². The van der Waals surface area contributed by atoms with Crippen molar-refractivity contribution in [1.82, 2.24) is 15.5 Å². The molecule has 8 heteroatoms. The number of carbonyl (C=O) groups excluding carboxylic acids is 2. The molecule has 18 heavy (non-hydrogen) atoms. The van der Waals surface area contributed by atoms with Gasteiger partial charge < -0.3 is 10.6 Å². The van der Waals surface area contributed by atoms with Gasteiger partial charge in [-0.1, -0.05) is 0 Å². The zero-order valence-corrected chi connectivity index (χ0v) is 9.80. The lowest BCUT2D eigenvalue weighted by atomic mass is 10.0. The maximum Gasteiger partial charge on any atom is 0.420 e. The molecule has 2 heterocycles. The van der Waals surface area contributed by atoms with E-state index in [0.29, 0.717) is 11.8 Å². The Labute approximate surface area is 102 Å². The van der Waals surface area contributed by atoms with Crippen molar-refractivity contribution in [3.63, 3.8) is 0 Å². The Morgan fingerprint density at radius 1 is 1.44 bits per heavy atom. The van der Waals surface area contributed by atoms with Crippen molar-refractivity contribution in [3.8, 4) is 0 Å². The van der Waals surface area contributed by atoms with Crippen molar-refractivity contribution in [3.05, 3.63) is 0 Å². The highest BCUT2D eigenvalue weighted by atomic mass is 19.4. The third kappa shape index (κ3) is 1.94.